The maximum absolute atomic E-state index is 9.73. The number of aryl methyl sites for hydroxylation is 3. The van der Waals surface area contributed by atoms with Gasteiger partial charge in [0.2, 0.25) is 23.3 Å². The lowest BCUT2D eigenvalue weighted by atomic mass is 9.87. The van der Waals surface area contributed by atoms with Crippen molar-refractivity contribution in [3.63, 3.8) is 0 Å². The van der Waals surface area contributed by atoms with E-state index in [1.54, 1.807) is 56.5 Å². The van der Waals surface area contributed by atoms with Crippen LogP contribution in [0.5, 0.6) is 23.0 Å². The van der Waals surface area contributed by atoms with Crippen LogP contribution in [-0.4, -0.2) is 126 Å². The summed E-state index contributed by atoms with van der Waals surface area (Å²) in [5.41, 5.74) is 7.66. The van der Waals surface area contributed by atoms with Gasteiger partial charge >= 0.3 is 0 Å². The van der Waals surface area contributed by atoms with E-state index in [0.717, 1.165) is 22.7 Å². The Morgan fingerprint density at radius 1 is 0.419 bits per heavy atom. The Bertz CT molecular complexity index is 4720. The maximum Gasteiger partial charge on any atom is 0.205 e. The fraction of sp³-hybridized carbons (Fsp3) is 0.246. The van der Waals surface area contributed by atoms with Crippen molar-refractivity contribution in [1.82, 2.24) is 59.5 Å². The summed E-state index contributed by atoms with van der Waals surface area (Å²) in [5.74, 6) is 4.70. The van der Waals surface area contributed by atoms with Crippen LogP contribution >= 0.6 is 92.8 Å². The zero-order valence-electron chi connectivity index (χ0n) is 51.3. The highest BCUT2D eigenvalue weighted by Gasteiger charge is 2.37. The second-order valence-corrected chi connectivity index (χ2v) is 26.5. The summed E-state index contributed by atoms with van der Waals surface area (Å²) in [7, 11) is 0. The van der Waals surface area contributed by atoms with Crippen LogP contribution in [0.2, 0.25) is 40.2 Å². The van der Waals surface area contributed by atoms with E-state index >= 15 is 0 Å². The summed E-state index contributed by atoms with van der Waals surface area (Å²) in [4.78, 5) is 24.4. The molecule has 4 aromatic heterocycles. The summed E-state index contributed by atoms with van der Waals surface area (Å²) in [6.45, 7) is 23.6. The molecule has 0 radical (unpaired) electrons. The van der Waals surface area contributed by atoms with Crippen molar-refractivity contribution in [2.75, 3.05) is 0 Å². The number of benzene rings is 5. The van der Waals surface area contributed by atoms with Crippen molar-refractivity contribution in [2.24, 2.45) is 51.2 Å². The Morgan fingerprint density at radius 3 is 1.28 bits per heavy atom. The smallest absolute Gasteiger partial charge is 0.205 e. The minimum Gasteiger partial charge on any atom is -0.506 e. The van der Waals surface area contributed by atoms with Gasteiger partial charge in [-0.1, -0.05) is 166 Å². The summed E-state index contributed by atoms with van der Waals surface area (Å²) >= 11 is 48.0. The molecule has 4 N–H and O–H groups in total. The second-order valence-electron chi connectivity index (χ2n) is 23.2. The molecule has 93 heavy (non-hydrogen) atoms. The molecule has 0 amide bonds. The number of rotatable bonds is 6. The highest BCUT2D eigenvalue weighted by Crippen LogP contribution is 2.40. The van der Waals surface area contributed by atoms with Crippen molar-refractivity contribution in [1.29, 1.82) is 0 Å². The molecule has 4 aliphatic heterocycles. The van der Waals surface area contributed by atoms with Gasteiger partial charge in [0.05, 0.1) is 80.1 Å². The molecule has 0 aliphatic carbocycles. The first-order chi connectivity index (χ1) is 43.8. The number of fused-ring (bicyclic) bond motifs is 4. The number of hydrogen-bond acceptors (Lipinski definition) is 20. The molecule has 9 aromatic rings. The largest absolute Gasteiger partial charge is 0.506 e. The van der Waals surface area contributed by atoms with Gasteiger partial charge in [0.15, 0.2) is 40.5 Å². The average molecular weight is 1410 g/mol. The SMILES string of the molecule is CC(C)c1nc2n(n1)N=C(C(C)(C)C)C2=Nc1cc(Cl)c(O)c(Cl)c1.CC1=Nn2c(C)nnc2C1=Nc1cc(Cl)c(O)c(Cl)c1.Cc1nnc2n1N=C(C(C)(C)C)C2=Nc1cc(Cl)c(O)c(Cl)c1.Cc1nnc2n1N=C(c1ccccc1Cl)C2=Nc1ccc(O)c(Cl)c1. The van der Waals surface area contributed by atoms with Gasteiger partial charge in [0.25, 0.3) is 0 Å². The van der Waals surface area contributed by atoms with Crippen LogP contribution in [0.3, 0.4) is 0 Å². The van der Waals surface area contributed by atoms with Crippen molar-refractivity contribution in [2.45, 2.75) is 89.0 Å². The molecule has 0 atom stereocenters. The van der Waals surface area contributed by atoms with Crippen LogP contribution in [-0.2, 0) is 0 Å². The zero-order chi connectivity index (χ0) is 67.4. The Hall–Kier alpha value is -8.46. The standard InChI is InChI=1S/C17H11Cl2N5O.C17H19Cl2N5O.C15H15Cl2N5O.C12H9Cl2N5O/c1-9-21-22-17-16(20-10-6-7-14(25)13(19)8-10)15(23-24(9)17)11-4-2-3-5-12(11)18;1-8(2)15-21-16-12(14(17(3,4)5)22-24(16)23-15)20-9-6-10(18)13(25)11(19)7-9;1-7-19-20-14-11(13(15(2,3)4)21-22(7)14)18-8-5-9(16)12(23)10(17)6-8;1-5-10(12-17-16-6(2)19(12)18-5)15-7-3-8(13)11(20)9(14)4-7/h2-8,25H,1H3;6-8,25H,1-5H3;5-6,23H,1-4H3;3-4,20H,1-2H3. The molecule has 24 nitrogen and oxygen atoms in total. The molecule has 4 aliphatic rings. The van der Waals surface area contributed by atoms with Gasteiger partial charge in [0.1, 0.15) is 34.3 Å². The van der Waals surface area contributed by atoms with Crippen LogP contribution in [0.4, 0.5) is 22.7 Å². The van der Waals surface area contributed by atoms with Crippen molar-refractivity contribution in [3.8, 4) is 23.0 Å². The molecule has 0 fully saturated rings. The van der Waals surface area contributed by atoms with Gasteiger partial charge in [-0.15, -0.1) is 40.5 Å². The third-order valence-corrected chi connectivity index (χ3v) is 16.0. The lowest BCUT2D eigenvalue weighted by molar-refractivity contribution is 0.475. The number of halogens is 8. The van der Waals surface area contributed by atoms with Gasteiger partial charge in [-0.25, -0.2) is 25.0 Å². The van der Waals surface area contributed by atoms with Crippen molar-refractivity contribution < 1.29 is 20.4 Å². The van der Waals surface area contributed by atoms with Crippen molar-refractivity contribution in [3.05, 3.63) is 171 Å². The van der Waals surface area contributed by atoms with Crippen LogP contribution in [0, 0.1) is 31.6 Å². The van der Waals surface area contributed by atoms with E-state index in [9.17, 15) is 20.4 Å². The fourth-order valence-electron chi connectivity index (χ4n) is 8.99. The highest BCUT2D eigenvalue weighted by atomic mass is 35.5. The minimum atomic E-state index is -0.246. The van der Waals surface area contributed by atoms with E-state index in [4.69, 9.17) is 92.8 Å². The molecule has 8 heterocycles. The first kappa shape index (κ1) is 67.4. The molecule has 478 valence electrons. The molecule has 0 unspecified atom stereocenters. The van der Waals surface area contributed by atoms with Crippen LogP contribution in [0.15, 0.2) is 119 Å². The monoisotopic (exact) mass is 1410 g/mol. The Morgan fingerprint density at radius 2 is 0.817 bits per heavy atom. The summed E-state index contributed by atoms with van der Waals surface area (Å²) in [6.07, 6.45) is 0. The highest BCUT2D eigenvalue weighted by molar-refractivity contribution is 6.56. The minimum absolute atomic E-state index is 0.00366. The van der Waals surface area contributed by atoms with Crippen LogP contribution in [0.1, 0.15) is 120 Å². The molecule has 0 saturated carbocycles. The molecular formula is C61H54Cl8N20O4. The number of aromatic hydroxyl groups is 4. The molecule has 0 saturated heterocycles. The van der Waals surface area contributed by atoms with E-state index in [2.05, 4.69) is 81.1 Å². The number of nitrogens with zero attached hydrogens (tertiary/aromatic N) is 20. The average Bonchev–Trinajstić information content (AvgIpc) is 1.65. The number of phenolic OH excluding ortho intramolecular Hbond substituents is 4. The summed E-state index contributed by atoms with van der Waals surface area (Å²) in [6, 6.07) is 21.3. The van der Waals surface area contributed by atoms with Gasteiger partial charge < -0.3 is 20.4 Å². The Labute approximate surface area is 571 Å². The van der Waals surface area contributed by atoms with E-state index in [1.165, 1.54) is 23.0 Å². The first-order valence-electron chi connectivity index (χ1n) is 28.0. The van der Waals surface area contributed by atoms with Gasteiger partial charge in [0, 0.05) is 22.3 Å². The maximum atomic E-state index is 9.73. The summed E-state index contributed by atoms with van der Waals surface area (Å²) in [5, 5.41) is 87.0. The molecular weight excluding hydrogens is 1360 g/mol. The lowest BCUT2D eigenvalue weighted by Gasteiger charge is -2.18. The summed E-state index contributed by atoms with van der Waals surface area (Å²) < 4.78 is 4.92. The van der Waals surface area contributed by atoms with Gasteiger partial charge in [-0.05, 0) is 88.4 Å². The van der Waals surface area contributed by atoms with E-state index in [-0.39, 0.29) is 74.9 Å². The first-order valence-corrected chi connectivity index (χ1v) is 31.0. The molecule has 0 spiro atoms. The number of aliphatic imine (C=N–C) groups is 4. The molecule has 13 rings (SSSR count). The molecule has 32 heteroatoms. The predicted octanol–water partition coefficient (Wildman–Crippen LogP) is 15.7. The fourth-order valence-corrected chi connectivity index (χ4v) is 10.8. The van der Waals surface area contributed by atoms with E-state index in [1.807, 2.05) is 101 Å². The molecule has 5 aromatic carbocycles. The third kappa shape index (κ3) is 14.1. The number of phenols is 4. The zero-order valence-corrected chi connectivity index (χ0v) is 57.4. The van der Waals surface area contributed by atoms with E-state index < -0.39 is 0 Å². The lowest BCUT2D eigenvalue weighted by Crippen LogP contribution is -2.27. The third-order valence-electron chi connectivity index (χ3n) is 13.7. The van der Waals surface area contributed by atoms with Crippen LogP contribution in [0.25, 0.3) is 0 Å². The predicted molar refractivity (Wildman–Crippen MR) is 367 cm³/mol. The number of hydrogen-bond donors (Lipinski definition) is 4. The van der Waals surface area contributed by atoms with E-state index in [0.29, 0.717) is 103 Å². The number of aromatic nitrogens is 12. The topological polar surface area (TPSA) is 303 Å². The van der Waals surface area contributed by atoms with Gasteiger partial charge in [-0.3, -0.25) is 0 Å². The second kappa shape index (κ2) is 26.5. The quantitative estimate of drug-likeness (QED) is 0.121. The normalized spacial score (nSPS) is 15.5. The van der Waals surface area contributed by atoms with Crippen LogP contribution < -0.4 is 0 Å². The molecule has 0 bridgehead atoms. The Balaban J connectivity index is 0.000000136. The van der Waals surface area contributed by atoms with Crippen molar-refractivity contribution >= 4 is 161 Å². The Kier molecular flexibility index (Phi) is 19.2. The van der Waals surface area contributed by atoms with Gasteiger partial charge in [-0.2, -0.15) is 34.4 Å².